The lowest BCUT2D eigenvalue weighted by atomic mass is 9.97. The minimum atomic E-state index is -0.465. The van der Waals surface area contributed by atoms with E-state index in [-0.39, 0.29) is 30.5 Å². The number of ether oxygens (including phenoxy) is 2. The maximum absolute atomic E-state index is 12.0. The van der Waals surface area contributed by atoms with Gasteiger partial charge in [0.05, 0.1) is 19.1 Å². The third-order valence-electron chi connectivity index (χ3n) is 4.55. The Kier molecular flexibility index (Phi) is 6.63. The van der Waals surface area contributed by atoms with Crippen molar-refractivity contribution in [3.8, 4) is 0 Å². The highest BCUT2D eigenvalue weighted by Crippen LogP contribution is 2.32. The van der Waals surface area contributed by atoms with Crippen LogP contribution in [0.25, 0.3) is 0 Å². The average Bonchev–Trinajstić information content (AvgIpc) is 2.48. The van der Waals surface area contributed by atoms with Gasteiger partial charge in [-0.1, -0.05) is 30.3 Å². The zero-order chi connectivity index (χ0) is 16.4. The maximum Gasteiger partial charge on any atom is 0.315 e. The average molecular weight is 342 g/mol. The Labute approximate surface area is 145 Å². The molecule has 0 spiro atoms. The standard InChI is InChI=1S/C18H28NO3.ClH/c1-14-16(15-9-7-6-8-10-15)21-12-11-19(14,5)13-22-17(20)18(2,3)4;/h6-10,14,16H,11-13H2,1-5H3;1H/q+1;/p-1. The second-order valence-corrected chi connectivity index (χ2v) is 7.46. The van der Waals surface area contributed by atoms with Crippen LogP contribution in [0.3, 0.4) is 0 Å². The number of nitrogens with zero attached hydrogens (tertiary/aromatic N) is 1. The highest BCUT2D eigenvalue weighted by molar-refractivity contribution is 5.75. The van der Waals surface area contributed by atoms with Gasteiger partial charge in [0.2, 0.25) is 6.73 Å². The molecule has 1 aliphatic heterocycles. The summed E-state index contributed by atoms with van der Waals surface area (Å²) in [5.41, 5.74) is 0.717. The van der Waals surface area contributed by atoms with Gasteiger partial charge in [0.15, 0.2) is 0 Å². The van der Waals surface area contributed by atoms with Crippen LogP contribution in [0.15, 0.2) is 30.3 Å². The molecule has 1 aromatic carbocycles. The lowest BCUT2D eigenvalue weighted by Crippen LogP contribution is -3.00. The Morgan fingerprint density at radius 3 is 2.48 bits per heavy atom. The van der Waals surface area contributed by atoms with Gasteiger partial charge in [0.1, 0.15) is 18.7 Å². The van der Waals surface area contributed by atoms with Crippen molar-refractivity contribution in [2.24, 2.45) is 5.41 Å². The van der Waals surface area contributed by atoms with Gasteiger partial charge in [-0.3, -0.25) is 9.28 Å². The molecule has 0 saturated carbocycles. The summed E-state index contributed by atoms with van der Waals surface area (Å²) in [6, 6.07) is 10.5. The summed E-state index contributed by atoms with van der Waals surface area (Å²) < 4.78 is 12.3. The predicted molar refractivity (Wildman–Crippen MR) is 86.1 cm³/mol. The number of rotatable bonds is 3. The first-order valence-electron chi connectivity index (χ1n) is 7.92. The number of morpholine rings is 1. The number of halogens is 1. The molecule has 1 saturated heterocycles. The van der Waals surface area contributed by atoms with E-state index in [1.807, 2.05) is 39.0 Å². The molecule has 0 bridgehead atoms. The van der Waals surface area contributed by atoms with Gasteiger partial charge in [0, 0.05) is 0 Å². The first-order valence-corrected chi connectivity index (χ1v) is 7.92. The first kappa shape index (κ1) is 19.9. The molecule has 1 aromatic rings. The molecule has 0 radical (unpaired) electrons. The van der Waals surface area contributed by atoms with Crippen LogP contribution in [0.4, 0.5) is 0 Å². The van der Waals surface area contributed by atoms with E-state index in [1.165, 1.54) is 5.56 Å². The van der Waals surface area contributed by atoms with E-state index >= 15 is 0 Å². The van der Waals surface area contributed by atoms with E-state index in [9.17, 15) is 4.79 Å². The van der Waals surface area contributed by atoms with Gasteiger partial charge >= 0.3 is 5.97 Å². The van der Waals surface area contributed by atoms with Crippen LogP contribution < -0.4 is 12.4 Å². The Balaban J connectivity index is 0.00000264. The molecule has 2 rings (SSSR count). The number of quaternary nitrogens is 1. The second kappa shape index (κ2) is 7.65. The molecule has 0 aliphatic carbocycles. The molecular weight excluding hydrogens is 314 g/mol. The fraction of sp³-hybridized carbons (Fsp3) is 0.611. The smallest absolute Gasteiger partial charge is 0.315 e. The first-order chi connectivity index (χ1) is 10.2. The van der Waals surface area contributed by atoms with Gasteiger partial charge < -0.3 is 21.9 Å². The summed E-state index contributed by atoms with van der Waals surface area (Å²) >= 11 is 0. The Morgan fingerprint density at radius 1 is 1.30 bits per heavy atom. The molecule has 0 aromatic heterocycles. The van der Waals surface area contributed by atoms with Gasteiger partial charge in [-0.05, 0) is 33.3 Å². The summed E-state index contributed by atoms with van der Waals surface area (Å²) in [5, 5.41) is 0. The molecule has 3 unspecified atom stereocenters. The number of likely N-dealkylation sites (N-methyl/N-ethyl adjacent to an activating group) is 1. The Morgan fingerprint density at radius 2 is 1.91 bits per heavy atom. The lowest BCUT2D eigenvalue weighted by molar-refractivity contribution is -0.958. The van der Waals surface area contributed by atoms with Crippen molar-refractivity contribution in [3.05, 3.63) is 35.9 Å². The molecular formula is C18H28ClNO3. The summed E-state index contributed by atoms with van der Waals surface area (Å²) in [6.07, 6.45) is 0.0355. The number of benzene rings is 1. The largest absolute Gasteiger partial charge is 1.00 e. The van der Waals surface area contributed by atoms with Crippen molar-refractivity contribution in [1.29, 1.82) is 0 Å². The second-order valence-electron chi connectivity index (χ2n) is 7.46. The minimum absolute atomic E-state index is 0. The highest BCUT2D eigenvalue weighted by Gasteiger charge is 2.42. The molecule has 5 heteroatoms. The summed E-state index contributed by atoms with van der Waals surface area (Å²) in [5.74, 6) is -0.151. The zero-order valence-electron chi connectivity index (χ0n) is 14.7. The third kappa shape index (κ3) is 4.69. The molecule has 0 amide bonds. The molecule has 4 nitrogen and oxygen atoms in total. The van der Waals surface area contributed by atoms with E-state index in [4.69, 9.17) is 9.47 Å². The molecule has 3 atom stereocenters. The minimum Gasteiger partial charge on any atom is -1.00 e. The number of carbonyl (C=O) groups excluding carboxylic acids is 1. The van der Waals surface area contributed by atoms with E-state index in [0.29, 0.717) is 17.8 Å². The SMILES string of the molecule is CC1C(c2ccccc2)OCC[N+]1(C)COC(=O)C(C)(C)C.[Cl-]. The summed E-state index contributed by atoms with van der Waals surface area (Å²) in [4.78, 5) is 12.0. The lowest BCUT2D eigenvalue weighted by Gasteiger charge is -2.46. The van der Waals surface area contributed by atoms with Gasteiger partial charge in [-0.25, -0.2) is 0 Å². The van der Waals surface area contributed by atoms with Crippen LogP contribution in [0, 0.1) is 5.41 Å². The van der Waals surface area contributed by atoms with Crippen molar-refractivity contribution in [1.82, 2.24) is 0 Å². The van der Waals surface area contributed by atoms with Crippen LogP contribution in [0.1, 0.15) is 39.4 Å². The van der Waals surface area contributed by atoms with Crippen LogP contribution in [-0.4, -0.2) is 43.4 Å². The number of hydrogen-bond donors (Lipinski definition) is 0. The predicted octanol–water partition coefficient (Wildman–Crippen LogP) is 0.144. The molecule has 0 N–H and O–H groups in total. The molecule has 1 aliphatic rings. The number of esters is 1. The molecule has 1 fully saturated rings. The van der Waals surface area contributed by atoms with Crippen LogP contribution >= 0.6 is 0 Å². The van der Waals surface area contributed by atoms with Crippen LogP contribution in [0.2, 0.25) is 0 Å². The van der Waals surface area contributed by atoms with Crippen molar-refractivity contribution in [2.75, 3.05) is 26.9 Å². The van der Waals surface area contributed by atoms with Gasteiger partial charge in [0.25, 0.3) is 0 Å². The molecule has 1 heterocycles. The Bertz CT molecular complexity index is 515. The van der Waals surface area contributed by atoms with E-state index in [0.717, 1.165) is 6.54 Å². The van der Waals surface area contributed by atoms with Crippen molar-refractivity contribution in [3.63, 3.8) is 0 Å². The summed E-state index contributed by atoms with van der Waals surface area (Å²) in [6.45, 7) is 9.72. The van der Waals surface area contributed by atoms with Crippen molar-refractivity contribution < 1.29 is 31.2 Å². The highest BCUT2D eigenvalue weighted by atomic mass is 35.5. The maximum atomic E-state index is 12.0. The van der Waals surface area contributed by atoms with Crippen LogP contribution in [0.5, 0.6) is 0 Å². The number of carbonyl (C=O) groups is 1. The normalized spacial score (nSPS) is 27.9. The van der Waals surface area contributed by atoms with Gasteiger partial charge in [-0.2, -0.15) is 0 Å². The molecule has 23 heavy (non-hydrogen) atoms. The fourth-order valence-corrected chi connectivity index (χ4v) is 2.68. The number of hydrogen-bond acceptors (Lipinski definition) is 3. The topological polar surface area (TPSA) is 35.5 Å². The summed E-state index contributed by atoms with van der Waals surface area (Å²) in [7, 11) is 2.14. The quantitative estimate of drug-likeness (QED) is 0.580. The third-order valence-corrected chi connectivity index (χ3v) is 4.55. The van der Waals surface area contributed by atoms with E-state index < -0.39 is 5.41 Å². The monoisotopic (exact) mass is 341 g/mol. The van der Waals surface area contributed by atoms with Crippen LogP contribution in [-0.2, 0) is 14.3 Å². The molecule has 130 valence electrons. The fourth-order valence-electron chi connectivity index (χ4n) is 2.68. The van der Waals surface area contributed by atoms with E-state index in [1.54, 1.807) is 0 Å². The van der Waals surface area contributed by atoms with Crippen molar-refractivity contribution >= 4 is 5.97 Å². The Hall–Kier alpha value is -1.10. The van der Waals surface area contributed by atoms with Crippen molar-refractivity contribution in [2.45, 2.75) is 39.8 Å². The zero-order valence-corrected chi connectivity index (χ0v) is 15.5. The van der Waals surface area contributed by atoms with Gasteiger partial charge in [-0.15, -0.1) is 0 Å². The van der Waals surface area contributed by atoms with E-state index in [2.05, 4.69) is 26.1 Å².